The molecule has 0 bridgehead atoms. The SMILES string of the molecule is CCCCCCCCCCCCCOC(=O)CCCC(=O)OC(C)CCC. The van der Waals surface area contributed by atoms with Gasteiger partial charge < -0.3 is 9.47 Å². The third kappa shape index (κ3) is 19.5. The van der Waals surface area contributed by atoms with Crippen molar-refractivity contribution in [3.63, 3.8) is 0 Å². The van der Waals surface area contributed by atoms with Crippen molar-refractivity contribution in [2.45, 2.75) is 130 Å². The fraction of sp³-hybridized carbons (Fsp3) is 0.913. The maximum atomic E-state index is 11.7. The molecule has 0 fully saturated rings. The van der Waals surface area contributed by atoms with Gasteiger partial charge in [-0.25, -0.2) is 0 Å². The zero-order valence-electron chi connectivity index (χ0n) is 18.2. The molecule has 4 nitrogen and oxygen atoms in total. The van der Waals surface area contributed by atoms with Gasteiger partial charge in [0.15, 0.2) is 0 Å². The Hall–Kier alpha value is -1.06. The van der Waals surface area contributed by atoms with Crippen LogP contribution >= 0.6 is 0 Å². The minimum absolute atomic E-state index is 0.0319. The van der Waals surface area contributed by atoms with E-state index in [9.17, 15) is 9.59 Å². The molecule has 1 unspecified atom stereocenters. The summed E-state index contributed by atoms with van der Waals surface area (Å²) in [6.07, 6.45) is 17.1. The van der Waals surface area contributed by atoms with Gasteiger partial charge in [-0.3, -0.25) is 9.59 Å². The summed E-state index contributed by atoms with van der Waals surface area (Å²) in [4.78, 5) is 23.3. The largest absolute Gasteiger partial charge is 0.466 e. The molecule has 0 spiro atoms. The highest BCUT2D eigenvalue weighted by Crippen LogP contribution is 2.11. The van der Waals surface area contributed by atoms with Crippen LogP contribution < -0.4 is 0 Å². The lowest BCUT2D eigenvalue weighted by Crippen LogP contribution is -2.15. The Balaban J connectivity index is 3.33. The topological polar surface area (TPSA) is 52.6 Å². The Labute approximate surface area is 167 Å². The molecule has 0 saturated heterocycles. The molecule has 0 aromatic carbocycles. The summed E-state index contributed by atoms with van der Waals surface area (Å²) in [6.45, 7) is 6.73. The summed E-state index contributed by atoms with van der Waals surface area (Å²) in [5.74, 6) is -0.411. The normalized spacial score (nSPS) is 12.0. The van der Waals surface area contributed by atoms with Crippen molar-refractivity contribution in [1.82, 2.24) is 0 Å². The second kappa shape index (κ2) is 19.7. The number of esters is 2. The number of carbonyl (C=O) groups is 2. The lowest BCUT2D eigenvalue weighted by atomic mass is 10.1. The van der Waals surface area contributed by atoms with E-state index in [0.717, 1.165) is 25.7 Å². The molecular weight excluding hydrogens is 340 g/mol. The van der Waals surface area contributed by atoms with Crippen LogP contribution in [0.3, 0.4) is 0 Å². The quantitative estimate of drug-likeness (QED) is 0.183. The predicted molar refractivity (Wildman–Crippen MR) is 112 cm³/mol. The first-order chi connectivity index (χ1) is 13.1. The van der Waals surface area contributed by atoms with E-state index in [2.05, 4.69) is 13.8 Å². The maximum Gasteiger partial charge on any atom is 0.306 e. The maximum absolute atomic E-state index is 11.7. The van der Waals surface area contributed by atoms with Crippen LogP contribution in [-0.2, 0) is 19.1 Å². The molecule has 0 radical (unpaired) electrons. The molecular formula is C23H44O4. The predicted octanol–water partition coefficient (Wildman–Crippen LogP) is 6.74. The van der Waals surface area contributed by atoms with Gasteiger partial charge in [0.25, 0.3) is 0 Å². The first-order valence-corrected chi connectivity index (χ1v) is 11.4. The van der Waals surface area contributed by atoms with Crippen molar-refractivity contribution < 1.29 is 19.1 Å². The average Bonchev–Trinajstić information content (AvgIpc) is 2.62. The van der Waals surface area contributed by atoms with E-state index >= 15 is 0 Å². The van der Waals surface area contributed by atoms with Crippen LogP contribution in [0.4, 0.5) is 0 Å². The molecule has 0 aliphatic heterocycles. The molecule has 0 N–H and O–H groups in total. The molecule has 0 saturated carbocycles. The van der Waals surface area contributed by atoms with E-state index in [1.54, 1.807) is 0 Å². The number of carbonyl (C=O) groups excluding carboxylic acids is 2. The number of unbranched alkanes of at least 4 members (excludes halogenated alkanes) is 10. The first kappa shape index (κ1) is 25.9. The number of rotatable bonds is 19. The summed E-state index contributed by atoms with van der Waals surface area (Å²) in [5, 5.41) is 0. The lowest BCUT2D eigenvalue weighted by Gasteiger charge is -2.11. The van der Waals surface area contributed by atoms with Crippen molar-refractivity contribution >= 4 is 11.9 Å². The number of hydrogen-bond donors (Lipinski definition) is 0. The van der Waals surface area contributed by atoms with E-state index in [1.807, 2.05) is 6.92 Å². The van der Waals surface area contributed by atoms with Crippen molar-refractivity contribution in [3.8, 4) is 0 Å². The second-order valence-corrected chi connectivity index (χ2v) is 7.70. The smallest absolute Gasteiger partial charge is 0.306 e. The van der Waals surface area contributed by atoms with Crippen molar-refractivity contribution in [1.29, 1.82) is 0 Å². The van der Waals surface area contributed by atoms with Crippen LogP contribution in [0.15, 0.2) is 0 Å². The molecule has 27 heavy (non-hydrogen) atoms. The summed E-state index contributed by atoms with van der Waals surface area (Å²) in [6, 6.07) is 0. The van der Waals surface area contributed by atoms with Gasteiger partial charge in [-0.2, -0.15) is 0 Å². The van der Waals surface area contributed by atoms with Gasteiger partial charge in [-0.05, 0) is 26.2 Å². The summed E-state index contributed by atoms with van der Waals surface area (Å²) >= 11 is 0. The highest BCUT2D eigenvalue weighted by Gasteiger charge is 2.10. The molecule has 4 heteroatoms. The standard InChI is InChI=1S/C23H44O4/c1-4-6-7-8-9-10-11-12-13-14-15-20-26-22(24)18-16-19-23(25)27-21(3)17-5-2/h21H,4-20H2,1-3H3. The first-order valence-electron chi connectivity index (χ1n) is 11.4. The van der Waals surface area contributed by atoms with E-state index in [0.29, 0.717) is 25.9 Å². The zero-order chi connectivity index (χ0) is 20.2. The van der Waals surface area contributed by atoms with Gasteiger partial charge >= 0.3 is 11.9 Å². The third-order valence-electron chi connectivity index (χ3n) is 4.80. The van der Waals surface area contributed by atoms with Gasteiger partial charge in [-0.15, -0.1) is 0 Å². The van der Waals surface area contributed by atoms with Gasteiger partial charge in [-0.1, -0.05) is 84.5 Å². The summed E-state index contributed by atoms with van der Waals surface area (Å²) < 4.78 is 10.5. The Morgan fingerprint density at radius 3 is 1.74 bits per heavy atom. The van der Waals surface area contributed by atoms with Crippen LogP contribution in [-0.4, -0.2) is 24.6 Å². The molecule has 0 aliphatic carbocycles. The Morgan fingerprint density at radius 1 is 0.667 bits per heavy atom. The second-order valence-electron chi connectivity index (χ2n) is 7.70. The Kier molecular flexibility index (Phi) is 18.9. The van der Waals surface area contributed by atoms with E-state index in [-0.39, 0.29) is 18.0 Å². The van der Waals surface area contributed by atoms with Crippen molar-refractivity contribution in [2.24, 2.45) is 0 Å². The molecule has 0 aromatic rings. The molecule has 0 heterocycles. The third-order valence-corrected chi connectivity index (χ3v) is 4.80. The number of ether oxygens (including phenoxy) is 2. The minimum atomic E-state index is -0.214. The average molecular weight is 385 g/mol. The highest BCUT2D eigenvalue weighted by atomic mass is 16.5. The van der Waals surface area contributed by atoms with E-state index in [1.165, 1.54) is 57.8 Å². The minimum Gasteiger partial charge on any atom is -0.466 e. The molecule has 0 amide bonds. The molecule has 0 aliphatic rings. The fourth-order valence-electron chi connectivity index (χ4n) is 3.15. The van der Waals surface area contributed by atoms with Crippen LogP contribution in [0.2, 0.25) is 0 Å². The van der Waals surface area contributed by atoms with Crippen LogP contribution in [0, 0.1) is 0 Å². The van der Waals surface area contributed by atoms with E-state index in [4.69, 9.17) is 9.47 Å². The van der Waals surface area contributed by atoms with Crippen molar-refractivity contribution in [3.05, 3.63) is 0 Å². The van der Waals surface area contributed by atoms with Gasteiger partial charge in [0, 0.05) is 12.8 Å². The van der Waals surface area contributed by atoms with Gasteiger partial charge in [0.1, 0.15) is 0 Å². The fourth-order valence-corrected chi connectivity index (χ4v) is 3.15. The van der Waals surface area contributed by atoms with Crippen LogP contribution in [0.5, 0.6) is 0 Å². The summed E-state index contributed by atoms with van der Waals surface area (Å²) in [5.41, 5.74) is 0. The molecule has 160 valence electrons. The lowest BCUT2D eigenvalue weighted by molar-refractivity contribution is -0.149. The van der Waals surface area contributed by atoms with E-state index < -0.39 is 0 Å². The monoisotopic (exact) mass is 384 g/mol. The van der Waals surface area contributed by atoms with Crippen LogP contribution in [0.1, 0.15) is 124 Å². The van der Waals surface area contributed by atoms with Crippen molar-refractivity contribution in [2.75, 3.05) is 6.61 Å². The van der Waals surface area contributed by atoms with Crippen LogP contribution in [0.25, 0.3) is 0 Å². The molecule has 0 aromatic heterocycles. The Bertz CT molecular complexity index is 354. The number of hydrogen-bond acceptors (Lipinski definition) is 4. The van der Waals surface area contributed by atoms with Gasteiger partial charge in [0.2, 0.25) is 0 Å². The Morgan fingerprint density at radius 2 is 1.19 bits per heavy atom. The summed E-state index contributed by atoms with van der Waals surface area (Å²) in [7, 11) is 0. The molecule has 0 rings (SSSR count). The highest BCUT2D eigenvalue weighted by molar-refractivity contribution is 5.72. The molecule has 1 atom stereocenters. The zero-order valence-corrected chi connectivity index (χ0v) is 18.2. The van der Waals surface area contributed by atoms with Gasteiger partial charge in [0.05, 0.1) is 12.7 Å².